The number of esters is 1. The first-order valence-corrected chi connectivity index (χ1v) is 6.74. The van der Waals surface area contributed by atoms with E-state index in [2.05, 4.69) is 10.1 Å². The van der Waals surface area contributed by atoms with E-state index >= 15 is 0 Å². The van der Waals surface area contributed by atoms with Crippen LogP contribution in [0.4, 0.5) is 11.4 Å². The second-order valence-electron chi connectivity index (χ2n) is 4.45. The van der Waals surface area contributed by atoms with E-state index in [0.717, 1.165) is 19.2 Å². The van der Waals surface area contributed by atoms with Crippen molar-refractivity contribution < 1.29 is 19.2 Å². The van der Waals surface area contributed by atoms with Crippen LogP contribution in [0.15, 0.2) is 42.5 Å². The number of carbonyl (C=O) groups is 2. The fourth-order valence-corrected chi connectivity index (χ4v) is 2.02. The topological polar surface area (TPSA) is 98.5 Å². The number of nitro groups is 1. The summed E-state index contributed by atoms with van der Waals surface area (Å²) in [4.78, 5) is 34.1. The molecule has 2 rings (SSSR count). The monoisotopic (exact) mass is 334 g/mol. The van der Waals surface area contributed by atoms with Crippen molar-refractivity contribution in [3.8, 4) is 0 Å². The minimum absolute atomic E-state index is 0.0560. The molecule has 0 saturated heterocycles. The average Bonchev–Trinajstić information content (AvgIpc) is 2.55. The van der Waals surface area contributed by atoms with Gasteiger partial charge in [0.2, 0.25) is 0 Å². The number of methoxy groups -OCH3 is 1. The van der Waals surface area contributed by atoms with Crippen molar-refractivity contribution in [3.63, 3.8) is 0 Å². The van der Waals surface area contributed by atoms with Gasteiger partial charge in [0, 0.05) is 17.7 Å². The summed E-state index contributed by atoms with van der Waals surface area (Å²) in [6.07, 6.45) is 0. The van der Waals surface area contributed by atoms with E-state index in [1.54, 1.807) is 24.3 Å². The molecule has 0 aliphatic rings. The third-order valence-corrected chi connectivity index (χ3v) is 3.26. The number of rotatable bonds is 4. The van der Waals surface area contributed by atoms with Crippen molar-refractivity contribution in [2.75, 3.05) is 12.4 Å². The lowest BCUT2D eigenvalue weighted by molar-refractivity contribution is -0.384. The number of nitrogens with one attached hydrogen (secondary N) is 1. The highest BCUT2D eigenvalue weighted by Crippen LogP contribution is 2.23. The number of benzene rings is 2. The number of nitro benzene ring substituents is 1. The number of hydrogen-bond acceptors (Lipinski definition) is 5. The standard InChI is InChI=1S/C15H11ClN2O5/c1-23-15(20)10-6-9(7-11(8-10)18(21)22)14(19)17-13-5-3-2-4-12(13)16/h2-8H,1H3,(H,17,19). The average molecular weight is 335 g/mol. The molecular formula is C15H11ClN2O5. The van der Waals surface area contributed by atoms with Crippen LogP contribution in [0, 0.1) is 10.1 Å². The first-order chi connectivity index (χ1) is 10.9. The molecule has 23 heavy (non-hydrogen) atoms. The zero-order valence-electron chi connectivity index (χ0n) is 11.9. The maximum absolute atomic E-state index is 12.3. The van der Waals surface area contributed by atoms with E-state index in [0.29, 0.717) is 10.7 Å². The zero-order chi connectivity index (χ0) is 17.0. The van der Waals surface area contributed by atoms with Gasteiger partial charge in [0.1, 0.15) is 0 Å². The minimum Gasteiger partial charge on any atom is -0.465 e. The highest BCUT2D eigenvalue weighted by molar-refractivity contribution is 6.33. The maximum atomic E-state index is 12.3. The van der Waals surface area contributed by atoms with Crippen LogP contribution in [0.1, 0.15) is 20.7 Å². The first-order valence-electron chi connectivity index (χ1n) is 6.36. The zero-order valence-corrected chi connectivity index (χ0v) is 12.7. The first kappa shape index (κ1) is 16.4. The van der Waals surface area contributed by atoms with Crippen molar-refractivity contribution in [2.24, 2.45) is 0 Å². The molecule has 0 fully saturated rings. The molecule has 1 amide bonds. The highest BCUT2D eigenvalue weighted by atomic mass is 35.5. The lowest BCUT2D eigenvalue weighted by atomic mass is 10.1. The van der Waals surface area contributed by atoms with Gasteiger partial charge in [-0.1, -0.05) is 23.7 Å². The molecule has 0 spiro atoms. The predicted molar refractivity (Wildman–Crippen MR) is 83.8 cm³/mol. The van der Waals surface area contributed by atoms with Crippen molar-refractivity contribution in [3.05, 3.63) is 68.7 Å². The quantitative estimate of drug-likeness (QED) is 0.525. The van der Waals surface area contributed by atoms with Crippen LogP contribution in [0.25, 0.3) is 0 Å². The van der Waals surface area contributed by atoms with Crippen LogP contribution in [-0.2, 0) is 4.74 Å². The minimum atomic E-state index is -0.777. The second kappa shape index (κ2) is 6.89. The fraction of sp³-hybridized carbons (Fsp3) is 0.0667. The number of hydrogen-bond donors (Lipinski definition) is 1. The van der Waals surface area contributed by atoms with Gasteiger partial charge in [-0.2, -0.15) is 0 Å². The fourth-order valence-electron chi connectivity index (χ4n) is 1.84. The van der Waals surface area contributed by atoms with Crippen LogP contribution in [0.2, 0.25) is 5.02 Å². The molecule has 0 aliphatic carbocycles. The molecule has 0 atom stereocenters. The Morgan fingerprint density at radius 1 is 1.17 bits per heavy atom. The van der Waals surface area contributed by atoms with Gasteiger partial charge in [-0.25, -0.2) is 4.79 Å². The molecule has 0 radical (unpaired) electrons. The lowest BCUT2D eigenvalue weighted by Gasteiger charge is -2.08. The van der Waals surface area contributed by atoms with Gasteiger partial charge in [-0.15, -0.1) is 0 Å². The molecule has 0 unspecified atom stereocenters. The summed E-state index contributed by atoms with van der Waals surface area (Å²) < 4.78 is 4.53. The second-order valence-corrected chi connectivity index (χ2v) is 4.86. The molecule has 2 aromatic rings. The van der Waals surface area contributed by atoms with Gasteiger partial charge in [-0.05, 0) is 18.2 Å². The number of amides is 1. The van der Waals surface area contributed by atoms with E-state index in [1.165, 1.54) is 6.07 Å². The summed E-state index contributed by atoms with van der Waals surface area (Å²) in [5, 5.41) is 13.8. The van der Waals surface area contributed by atoms with Gasteiger partial charge in [-0.3, -0.25) is 14.9 Å². The van der Waals surface area contributed by atoms with Crippen LogP contribution in [-0.4, -0.2) is 23.9 Å². The van der Waals surface area contributed by atoms with E-state index < -0.39 is 22.5 Å². The summed E-state index contributed by atoms with van der Waals surface area (Å²) >= 11 is 5.94. The van der Waals surface area contributed by atoms with Crippen molar-refractivity contribution >= 4 is 34.9 Å². The molecular weight excluding hydrogens is 324 g/mol. The number of nitrogens with zero attached hydrogens (tertiary/aromatic N) is 1. The normalized spacial score (nSPS) is 10.0. The third kappa shape index (κ3) is 3.83. The van der Waals surface area contributed by atoms with Gasteiger partial charge in [0.05, 0.1) is 28.3 Å². The number of para-hydroxylation sites is 1. The van der Waals surface area contributed by atoms with E-state index in [9.17, 15) is 19.7 Å². The van der Waals surface area contributed by atoms with Gasteiger partial charge < -0.3 is 10.1 Å². The van der Waals surface area contributed by atoms with Crippen LogP contribution >= 0.6 is 11.6 Å². The van der Waals surface area contributed by atoms with Gasteiger partial charge in [0.15, 0.2) is 0 Å². The van der Waals surface area contributed by atoms with E-state index in [-0.39, 0.29) is 11.1 Å². The molecule has 2 aromatic carbocycles. The van der Waals surface area contributed by atoms with Crippen LogP contribution in [0.3, 0.4) is 0 Å². The molecule has 118 valence electrons. The molecule has 0 heterocycles. The third-order valence-electron chi connectivity index (χ3n) is 2.93. The molecule has 7 nitrogen and oxygen atoms in total. The molecule has 0 bridgehead atoms. The Morgan fingerprint density at radius 3 is 2.43 bits per heavy atom. The number of halogens is 1. The summed E-state index contributed by atoms with van der Waals surface area (Å²) in [5.41, 5.74) is -0.187. The Hall–Kier alpha value is -2.93. The number of anilines is 1. The van der Waals surface area contributed by atoms with Crippen molar-refractivity contribution in [2.45, 2.75) is 0 Å². The summed E-state index contributed by atoms with van der Waals surface area (Å²) in [5.74, 6) is -1.41. The van der Waals surface area contributed by atoms with Gasteiger partial charge >= 0.3 is 5.97 Å². The smallest absolute Gasteiger partial charge is 0.338 e. The summed E-state index contributed by atoms with van der Waals surface area (Å²) in [6, 6.07) is 9.86. The van der Waals surface area contributed by atoms with E-state index in [4.69, 9.17) is 11.6 Å². The lowest BCUT2D eigenvalue weighted by Crippen LogP contribution is -2.14. The van der Waals surface area contributed by atoms with E-state index in [1.807, 2.05) is 0 Å². The summed E-state index contributed by atoms with van der Waals surface area (Å²) in [7, 11) is 1.14. The van der Waals surface area contributed by atoms with Crippen LogP contribution < -0.4 is 5.32 Å². The summed E-state index contributed by atoms with van der Waals surface area (Å²) in [6.45, 7) is 0. The Labute approximate surface area is 136 Å². The number of carbonyl (C=O) groups excluding carboxylic acids is 2. The van der Waals surface area contributed by atoms with Crippen molar-refractivity contribution in [1.29, 1.82) is 0 Å². The molecule has 0 saturated carbocycles. The van der Waals surface area contributed by atoms with Crippen molar-refractivity contribution in [1.82, 2.24) is 0 Å². The largest absolute Gasteiger partial charge is 0.465 e. The Bertz CT molecular complexity index is 791. The number of non-ortho nitro benzene ring substituents is 1. The van der Waals surface area contributed by atoms with Gasteiger partial charge in [0.25, 0.3) is 11.6 Å². The Morgan fingerprint density at radius 2 is 1.83 bits per heavy atom. The Kier molecular flexibility index (Phi) is 4.92. The van der Waals surface area contributed by atoms with Crippen LogP contribution in [0.5, 0.6) is 0 Å². The molecule has 8 heteroatoms. The molecule has 0 aromatic heterocycles. The molecule has 1 N–H and O–H groups in total. The predicted octanol–water partition coefficient (Wildman–Crippen LogP) is 3.29. The molecule has 0 aliphatic heterocycles. The Balaban J connectivity index is 2.39. The SMILES string of the molecule is COC(=O)c1cc(C(=O)Nc2ccccc2Cl)cc([N+](=O)[O-])c1. The number of ether oxygens (including phenoxy) is 1. The highest BCUT2D eigenvalue weighted by Gasteiger charge is 2.18. The maximum Gasteiger partial charge on any atom is 0.338 e.